The summed E-state index contributed by atoms with van der Waals surface area (Å²) in [6, 6.07) is -0.0220. The van der Waals surface area contributed by atoms with E-state index in [2.05, 4.69) is 10.1 Å². The molecular formula is C13H24N2O3. The smallest absolute Gasteiger partial charge is 0.325 e. The van der Waals surface area contributed by atoms with Gasteiger partial charge in [-0.15, -0.1) is 0 Å². The number of ether oxygens (including phenoxy) is 1. The van der Waals surface area contributed by atoms with E-state index in [9.17, 15) is 9.59 Å². The lowest BCUT2D eigenvalue weighted by Crippen LogP contribution is -2.53. The highest BCUT2D eigenvalue weighted by atomic mass is 16.5. The summed E-state index contributed by atoms with van der Waals surface area (Å²) in [5.74, 6) is -0.369. The fourth-order valence-electron chi connectivity index (χ4n) is 2.18. The molecule has 0 heterocycles. The number of esters is 1. The van der Waals surface area contributed by atoms with Crippen molar-refractivity contribution in [2.75, 3.05) is 13.7 Å². The van der Waals surface area contributed by atoms with E-state index in [1.165, 1.54) is 7.11 Å². The second-order valence-electron chi connectivity index (χ2n) is 5.82. The number of urea groups is 1. The fourth-order valence-corrected chi connectivity index (χ4v) is 2.18. The third-order valence-corrected chi connectivity index (χ3v) is 3.04. The molecule has 0 aromatic heterocycles. The zero-order valence-corrected chi connectivity index (χ0v) is 11.8. The third-order valence-electron chi connectivity index (χ3n) is 3.04. The van der Waals surface area contributed by atoms with Crippen molar-refractivity contribution in [3.63, 3.8) is 0 Å². The highest BCUT2D eigenvalue weighted by Gasteiger charge is 2.30. The average molecular weight is 256 g/mol. The van der Waals surface area contributed by atoms with Crippen LogP contribution in [-0.4, -0.2) is 42.1 Å². The summed E-state index contributed by atoms with van der Waals surface area (Å²) >= 11 is 0. The molecule has 1 saturated carbocycles. The summed E-state index contributed by atoms with van der Waals surface area (Å²) in [7, 11) is 1.34. The minimum atomic E-state index is -0.369. The predicted octanol–water partition coefficient (Wildman–Crippen LogP) is 1.91. The Labute approximate surface area is 109 Å². The minimum Gasteiger partial charge on any atom is -0.468 e. The Bertz CT molecular complexity index is 304. The first-order chi connectivity index (χ1) is 8.33. The molecule has 5 heteroatoms. The van der Waals surface area contributed by atoms with Gasteiger partial charge in [-0.1, -0.05) is 12.8 Å². The van der Waals surface area contributed by atoms with Crippen LogP contribution >= 0.6 is 0 Å². The molecule has 18 heavy (non-hydrogen) atoms. The summed E-state index contributed by atoms with van der Waals surface area (Å²) in [4.78, 5) is 25.2. The normalized spacial score (nSPS) is 16.4. The molecule has 5 nitrogen and oxygen atoms in total. The Morgan fingerprint density at radius 2 is 1.83 bits per heavy atom. The lowest BCUT2D eigenvalue weighted by molar-refractivity contribution is -0.141. The number of carbonyl (C=O) groups excluding carboxylic acids is 2. The van der Waals surface area contributed by atoms with Crippen molar-refractivity contribution in [1.29, 1.82) is 0 Å². The van der Waals surface area contributed by atoms with Gasteiger partial charge in [-0.05, 0) is 33.6 Å². The van der Waals surface area contributed by atoms with Gasteiger partial charge in [0.25, 0.3) is 0 Å². The Morgan fingerprint density at radius 1 is 1.28 bits per heavy atom. The van der Waals surface area contributed by atoms with Crippen molar-refractivity contribution in [2.24, 2.45) is 0 Å². The van der Waals surface area contributed by atoms with E-state index in [-0.39, 0.29) is 30.1 Å². The van der Waals surface area contributed by atoms with Gasteiger partial charge in [0.2, 0.25) is 0 Å². The highest BCUT2D eigenvalue weighted by molar-refractivity contribution is 5.81. The molecule has 0 aromatic rings. The number of methoxy groups -OCH3 is 1. The van der Waals surface area contributed by atoms with Crippen LogP contribution in [0.2, 0.25) is 0 Å². The van der Waals surface area contributed by atoms with Gasteiger partial charge in [0.05, 0.1) is 7.11 Å². The molecule has 1 aliphatic carbocycles. The van der Waals surface area contributed by atoms with E-state index in [1.807, 2.05) is 20.8 Å². The number of nitrogens with zero attached hydrogens (tertiary/aromatic N) is 1. The van der Waals surface area contributed by atoms with Gasteiger partial charge >= 0.3 is 12.0 Å². The molecular weight excluding hydrogens is 232 g/mol. The van der Waals surface area contributed by atoms with Gasteiger partial charge < -0.3 is 15.0 Å². The van der Waals surface area contributed by atoms with Crippen LogP contribution < -0.4 is 5.32 Å². The molecule has 1 aliphatic rings. The van der Waals surface area contributed by atoms with E-state index in [4.69, 9.17) is 0 Å². The van der Waals surface area contributed by atoms with E-state index in [1.54, 1.807) is 4.90 Å². The molecule has 0 bridgehead atoms. The molecule has 1 rings (SSSR count). The molecule has 0 spiro atoms. The van der Waals surface area contributed by atoms with Gasteiger partial charge in [-0.2, -0.15) is 0 Å². The Kier molecular flexibility index (Phi) is 4.99. The van der Waals surface area contributed by atoms with E-state index >= 15 is 0 Å². The van der Waals surface area contributed by atoms with Gasteiger partial charge in [-0.3, -0.25) is 4.79 Å². The average Bonchev–Trinajstić information content (AvgIpc) is 2.75. The van der Waals surface area contributed by atoms with Crippen LogP contribution in [0, 0.1) is 0 Å². The lowest BCUT2D eigenvalue weighted by Gasteiger charge is -2.31. The minimum absolute atomic E-state index is 0.0308. The molecule has 1 fully saturated rings. The topological polar surface area (TPSA) is 58.6 Å². The van der Waals surface area contributed by atoms with E-state index in [0.29, 0.717) is 0 Å². The summed E-state index contributed by atoms with van der Waals surface area (Å²) in [5, 5.41) is 2.90. The molecule has 0 aliphatic heterocycles. The summed E-state index contributed by atoms with van der Waals surface area (Å²) in [5.41, 5.74) is -0.302. The van der Waals surface area contributed by atoms with Crippen LogP contribution in [-0.2, 0) is 9.53 Å². The Hall–Kier alpha value is -1.26. The SMILES string of the molecule is COC(=O)CN(C(=O)NC(C)(C)C)C1CCCC1. The summed E-state index contributed by atoms with van der Waals surface area (Å²) < 4.78 is 4.66. The Balaban J connectivity index is 2.69. The first-order valence-corrected chi connectivity index (χ1v) is 6.49. The third kappa shape index (κ3) is 4.55. The van der Waals surface area contributed by atoms with Crippen LogP contribution in [0.25, 0.3) is 0 Å². The standard InChI is InChI=1S/C13H24N2O3/c1-13(2,3)14-12(17)15(9-11(16)18-4)10-7-5-6-8-10/h10H,5-9H2,1-4H3,(H,14,17). The van der Waals surface area contributed by atoms with Crippen molar-refractivity contribution in [2.45, 2.75) is 58.0 Å². The molecule has 0 radical (unpaired) electrons. The van der Waals surface area contributed by atoms with E-state index < -0.39 is 0 Å². The van der Waals surface area contributed by atoms with Crippen LogP contribution in [0.1, 0.15) is 46.5 Å². The van der Waals surface area contributed by atoms with Gasteiger partial charge in [0, 0.05) is 11.6 Å². The predicted molar refractivity (Wildman–Crippen MR) is 69.3 cm³/mol. The van der Waals surface area contributed by atoms with Crippen LogP contribution in [0.3, 0.4) is 0 Å². The monoisotopic (exact) mass is 256 g/mol. The zero-order chi connectivity index (χ0) is 13.8. The molecule has 104 valence electrons. The number of nitrogens with one attached hydrogen (secondary N) is 1. The molecule has 0 atom stereocenters. The number of hydrogen-bond donors (Lipinski definition) is 1. The zero-order valence-electron chi connectivity index (χ0n) is 11.8. The summed E-state index contributed by atoms with van der Waals surface area (Å²) in [6.07, 6.45) is 4.17. The molecule has 2 amide bonds. The molecule has 0 saturated heterocycles. The second kappa shape index (κ2) is 6.07. The molecule has 0 unspecified atom stereocenters. The van der Waals surface area contributed by atoms with Gasteiger partial charge in [0.15, 0.2) is 0 Å². The number of carbonyl (C=O) groups is 2. The van der Waals surface area contributed by atoms with Crippen molar-refractivity contribution in [1.82, 2.24) is 10.2 Å². The largest absolute Gasteiger partial charge is 0.468 e. The molecule has 1 N–H and O–H groups in total. The first-order valence-electron chi connectivity index (χ1n) is 6.49. The Morgan fingerprint density at radius 3 is 2.28 bits per heavy atom. The fraction of sp³-hybridized carbons (Fsp3) is 0.846. The van der Waals surface area contributed by atoms with Gasteiger partial charge in [-0.25, -0.2) is 4.79 Å². The van der Waals surface area contributed by atoms with Gasteiger partial charge in [0.1, 0.15) is 6.54 Å². The maximum Gasteiger partial charge on any atom is 0.325 e. The molecule has 0 aromatic carbocycles. The van der Waals surface area contributed by atoms with Crippen molar-refractivity contribution in [3.05, 3.63) is 0 Å². The van der Waals surface area contributed by atoms with Crippen molar-refractivity contribution < 1.29 is 14.3 Å². The van der Waals surface area contributed by atoms with Crippen LogP contribution in [0.15, 0.2) is 0 Å². The van der Waals surface area contributed by atoms with Crippen molar-refractivity contribution >= 4 is 12.0 Å². The maximum atomic E-state index is 12.2. The number of amides is 2. The van der Waals surface area contributed by atoms with Crippen molar-refractivity contribution in [3.8, 4) is 0 Å². The summed E-state index contributed by atoms with van der Waals surface area (Å²) in [6.45, 7) is 5.81. The second-order valence-corrected chi connectivity index (χ2v) is 5.82. The lowest BCUT2D eigenvalue weighted by atomic mass is 10.1. The van der Waals surface area contributed by atoms with Crippen LogP contribution in [0.5, 0.6) is 0 Å². The number of rotatable bonds is 3. The van der Waals surface area contributed by atoms with E-state index in [0.717, 1.165) is 25.7 Å². The van der Waals surface area contributed by atoms with Crippen LogP contribution in [0.4, 0.5) is 4.79 Å². The number of hydrogen-bond acceptors (Lipinski definition) is 3. The quantitative estimate of drug-likeness (QED) is 0.785. The maximum absolute atomic E-state index is 12.2. The highest BCUT2D eigenvalue weighted by Crippen LogP contribution is 2.23. The first kappa shape index (κ1) is 14.8.